The highest BCUT2D eigenvalue weighted by Gasteiger charge is 2.49. The average Bonchev–Trinajstić information content (AvgIpc) is 2.74. The summed E-state index contributed by atoms with van der Waals surface area (Å²) in [5.41, 5.74) is 9.22. The zero-order chi connectivity index (χ0) is 20.4. The second-order valence-corrected chi connectivity index (χ2v) is 9.27. The van der Waals surface area contributed by atoms with E-state index in [9.17, 15) is 5.11 Å². The van der Waals surface area contributed by atoms with Crippen LogP contribution in [-0.2, 0) is 14.2 Å². The minimum Gasteiger partial charge on any atom is -0.389 e. The predicted molar refractivity (Wildman–Crippen MR) is 113 cm³/mol. The zero-order valence-corrected chi connectivity index (χ0v) is 18.8. The molecule has 8 nitrogen and oxygen atoms in total. The number of aliphatic hydroxyl groups is 1. The molecule has 6 atom stereocenters. The number of ether oxygens (including phenoxy) is 3. The summed E-state index contributed by atoms with van der Waals surface area (Å²) >= 11 is 8.08. The largest absolute Gasteiger partial charge is 0.389 e. The van der Waals surface area contributed by atoms with Crippen LogP contribution in [0.5, 0.6) is 0 Å². The number of nitrogens with zero attached hydrogens (tertiary/aromatic N) is 4. The van der Waals surface area contributed by atoms with Crippen LogP contribution in [-0.4, -0.2) is 46.5 Å². The summed E-state index contributed by atoms with van der Waals surface area (Å²) in [6, 6.07) is 10.5. The van der Waals surface area contributed by atoms with Gasteiger partial charge in [-0.3, -0.25) is 0 Å². The maximum absolute atomic E-state index is 10.9. The molecule has 1 aromatic heterocycles. The number of azide groups is 1. The lowest BCUT2D eigenvalue weighted by Gasteiger charge is -2.46. The molecule has 2 saturated heterocycles. The van der Waals surface area contributed by atoms with Gasteiger partial charge in [0.1, 0.15) is 28.4 Å². The van der Waals surface area contributed by atoms with Crippen molar-refractivity contribution in [2.45, 2.75) is 41.0 Å². The Morgan fingerprint density at radius 1 is 1.24 bits per heavy atom. The lowest BCUT2D eigenvalue weighted by Crippen LogP contribution is -2.60. The van der Waals surface area contributed by atoms with Gasteiger partial charge < -0.3 is 19.3 Å². The number of halogens is 2. The minimum atomic E-state index is -1.07. The molecular weight excluding hydrogens is 528 g/mol. The van der Waals surface area contributed by atoms with E-state index in [0.29, 0.717) is 4.60 Å². The fourth-order valence-electron chi connectivity index (χ4n) is 3.26. The topological polar surface area (TPSA) is 110 Å². The minimum absolute atomic E-state index is 0.253. The molecule has 0 saturated carbocycles. The van der Waals surface area contributed by atoms with Crippen LogP contribution in [0.2, 0.25) is 0 Å². The van der Waals surface area contributed by atoms with Gasteiger partial charge in [-0.15, -0.1) is 0 Å². The first kappa shape index (κ1) is 21.1. The molecule has 4 rings (SSSR count). The molecule has 2 fully saturated rings. The summed E-state index contributed by atoms with van der Waals surface area (Å²) in [5.74, 6) is 0. The van der Waals surface area contributed by atoms with Gasteiger partial charge in [0.15, 0.2) is 6.29 Å². The lowest BCUT2D eigenvalue weighted by molar-refractivity contribution is -0.297. The van der Waals surface area contributed by atoms with Gasteiger partial charge in [-0.2, -0.15) is 0 Å². The smallest absolute Gasteiger partial charge is 0.184 e. The maximum atomic E-state index is 10.9. The van der Waals surface area contributed by atoms with Gasteiger partial charge in [0.05, 0.1) is 12.6 Å². The fourth-order valence-corrected chi connectivity index (χ4v) is 5.33. The lowest BCUT2D eigenvalue weighted by atomic mass is 9.97. The highest BCUT2D eigenvalue weighted by molar-refractivity contribution is 9.11. The van der Waals surface area contributed by atoms with Crippen LogP contribution >= 0.6 is 43.6 Å². The fraction of sp³-hybridized carbons (Fsp3) is 0.389. The number of pyridine rings is 1. The van der Waals surface area contributed by atoms with E-state index in [1.54, 1.807) is 6.20 Å². The zero-order valence-electron chi connectivity index (χ0n) is 14.8. The van der Waals surface area contributed by atoms with Crippen LogP contribution in [0.3, 0.4) is 0 Å². The normalized spacial score (nSPS) is 31.6. The number of hydrogen-bond donors (Lipinski definition) is 1. The van der Waals surface area contributed by atoms with E-state index >= 15 is 0 Å². The standard InChI is InChI=1S/C18H16Br2N4O4S/c19-10-6-12(16(20)22-7-10)29-18-14(25)13(23-24-21)15-11(27-18)8-26-17(28-15)9-4-2-1-3-5-9/h1-7,11,13-15,17-18,25H,8H2/t11-,13-,14-,15+,17?,18-/m1/s1. The van der Waals surface area contributed by atoms with Crippen molar-refractivity contribution >= 4 is 43.6 Å². The first-order valence-electron chi connectivity index (χ1n) is 8.74. The third kappa shape index (κ3) is 4.62. The number of rotatable bonds is 4. The van der Waals surface area contributed by atoms with E-state index in [1.165, 1.54) is 11.8 Å². The third-order valence-electron chi connectivity index (χ3n) is 4.61. The molecule has 0 radical (unpaired) electrons. The Labute approximate surface area is 187 Å². The van der Waals surface area contributed by atoms with Gasteiger partial charge in [-0.05, 0) is 43.5 Å². The highest BCUT2D eigenvalue weighted by Crippen LogP contribution is 2.41. The Balaban J connectivity index is 1.56. The van der Waals surface area contributed by atoms with Crippen molar-refractivity contribution in [1.29, 1.82) is 0 Å². The molecule has 1 unspecified atom stereocenters. The monoisotopic (exact) mass is 542 g/mol. The Morgan fingerprint density at radius 2 is 2.03 bits per heavy atom. The van der Waals surface area contributed by atoms with E-state index in [0.717, 1.165) is 14.9 Å². The summed E-state index contributed by atoms with van der Waals surface area (Å²) in [6.45, 7) is 0.253. The summed E-state index contributed by atoms with van der Waals surface area (Å²) in [5, 5.41) is 14.7. The van der Waals surface area contributed by atoms with Gasteiger partial charge in [0.2, 0.25) is 0 Å². The van der Waals surface area contributed by atoms with Crippen LogP contribution in [0.25, 0.3) is 10.4 Å². The SMILES string of the molecule is [N-]=[N+]=N[C@@H]1[C@@H](O)[C@@H](Sc2cc(Br)cnc2Br)O[C@@H]2COC(c3ccccc3)O[C@H]12. The van der Waals surface area contributed by atoms with E-state index in [1.807, 2.05) is 36.4 Å². The highest BCUT2D eigenvalue weighted by atomic mass is 79.9. The predicted octanol–water partition coefficient (Wildman–Crippen LogP) is 4.58. The number of thioether (sulfide) groups is 1. The van der Waals surface area contributed by atoms with Crippen LogP contribution in [0.15, 0.2) is 61.7 Å². The van der Waals surface area contributed by atoms with Crippen LogP contribution in [0, 0.1) is 0 Å². The quantitative estimate of drug-likeness (QED) is 0.261. The van der Waals surface area contributed by atoms with Gasteiger partial charge in [0, 0.05) is 26.0 Å². The first-order valence-corrected chi connectivity index (χ1v) is 11.2. The number of aromatic nitrogens is 1. The molecule has 3 heterocycles. The van der Waals surface area contributed by atoms with Crippen molar-refractivity contribution < 1.29 is 19.3 Å². The van der Waals surface area contributed by atoms with Crippen molar-refractivity contribution in [3.05, 3.63) is 67.7 Å². The van der Waals surface area contributed by atoms with Crippen LogP contribution in [0.4, 0.5) is 0 Å². The van der Waals surface area contributed by atoms with Gasteiger partial charge in [-0.25, -0.2) is 4.98 Å². The molecule has 0 spiro atoms. The second-order valence-electron chi connectivity index (χ2n) is 6.47. The first-order chi connectivity index (χ1) is 14.1. The summed E-state index contributed by atoms with van der Waals surface area (Å²) in [6.07, 6.45) is -1.13. The Kier molecular flexibility index (Phi) is 6.77. The molecule has 1 aromatic carbocycles. The van der Waals surface area contributed by atoms with Crippen LogP contribution < -0.4 is 0 Å². The molecule has 2 aliphatic rings. The van der Waals surface area contributed by atoms with Crippen molar-refractivity contribution in [2.24, 2.45) is 5.11 Å². The number of fused-ring (bicyclic) bond motifs is 1. The van der Waals surface area contributed by atoms with Crippen molar-refractivity contribution in [1.82, 2.24) is 4.98 Å². The molecule has 0 amide bonds. The molecule has 0 bridgehead atoms. The maximum Gasteiger partial charge on any atom is 0.184 e. The Bertz CT molecular complexity index is 918. The van der Waals surface area contributed by atoms with E-state index < -0.39 is 36.1 Å². The van der Waals surface area contributed by atoms with E-state index in [-0.39, 0.29) is 6.61 Å². The second kappa shape index (κ2) is 9.32. The van der Waals surface area contributed by atoms with Crippen LogP contribution in [0.1, 0.15) is 11.9 Å². The Hall–Kier alpha value is -1.17. The summed E-state index contributed by atoms with van der Waals surface area (Å²) in [7, 11) is 0. The summed E-state index contributed by atoms with van der Waals surface area (Å²) in [4.78, 5) is 7.93. The molecule has 1 N–H and O–H groups in total. The molecule has 152 valence electrons. The van der Waals surface area contributed by atoms with E-state index in [2.05, 4.69) is 46.9 Å². The molecule has 2 aliphatic heterocycles. The molecule has 11 heteroatoms. The molecule has 2 aromatic rings. The Morgan fingerprint density at radius 3 is 2.79 bits per heavy atom. The number of hydrogen-bond acceptors (Lipinski definition) is 7. The molecule has 29 heavy (non-hydrogen) atoms. The third-order valence-corrected chi connectivity index (χ3v) is 7.12. The van der Waals surface area contributed by atoms with Gasteiger partial charge in [0.25, 0.3) is 0 Å². The van der Waals surface area contributed by atoms with Gasteiger partial charge in [-0.1, -0.05) is 47.2 Å². The number of benzene rings is 1. The van der Waals surface area contributed by atoms with E-state index in [4.69, 9.17) is 19.7 Å². The summed E-state index contributed by atoms with van der Waals surface area (Å²) < 4.78 is 19.4. The molecule has 0 aliphatic carbocycles. The van der Waals surface area contributed by atoms with Crippen molar-refractivity contribution in [3.63, 3.8) is 0 Å². The average molecular weight is 544 g/mol. The van der Waals surface area contributed by atoms with Crippen molar-refractivity contribution in [2.75, 3.05) is 6.61 Å². The number of aliphatic hydroxyl groups excluding tert-OH is 1. The van der Waals surface area contributed by atoms with Crippen molar-refractivity contribution in [3.8, 4) is 0 Å². The van der Waals surface area contributed by atoms with Gasteiger partial charge >= 0.3 is 0 Å². The molecular formula is C18H16Br2N4O4S.